The summed E-state index contributed by atoms with van der Waals surface area (Å²) in [5.74, 6) is -0.733. The molecule has 0 spiro atoms. The van der Waals surface area contributed by atoms with Crippen LogP contribution in [0.1, 0.15) is 33.1 Å². The Morgan fingerprint density at radius 1 is 1.67 bits per heavy atom. The third kappa shape index (κ3) is 2.21. The van der Waals surface area contributed by atoms with Gasteiger partial charge in [0.15, 0.2) is 0 Å². The second-order valence-electron chi connectivity index (χ2n) is 3.68. The molecular weight excluding hydrogens is 154 g/mol. The van der Waals surface area contributed by atoms with E-state index in [9.17, 15) is 4.79 Å². The van der Waals surface area contributed by atoms with Crippen LogP contribution in [-0.4, -0.2) is 23.2 Å². The minimum Gasteiger partial charge on any atom is -0.481 e. The quantitative estimate of drug-likeness (QED) is 0.669. The molecule has 0 aromatic heterocycles. The third-order valence-corrected chi connectivity index (χ3v) is 2.62. The number of aliphatic carboxylic acids is 1. The summed E-state index contributed by atoms with van der Waals surface area (Å²) in [5.41, 5.74) is 0. The molecule has 0 aromatic rings. The number of nitrogens with one attached hydrogen (secondary N) is 1. The predicted molar refractivity (Wildman–Crippen MR) is 47.0 cm³/mol. The maximum absolute atomic E-state index is 10.5. The first-order valence-corrected chi connectivity index (χ1v) is 4.62. The predicted octanol–water partition coefficient (Wildman–Crippen LogP) is 1.24. The first kappa shape index (κ1) is 9.52. The van der Waals surface area contributed by atoms with Crippen molar-refractivity contribution < 1.29 is 9.90 Å². The van der Waals surface area contributed by atoms with Crippen molar-refractivity contribution in [2.24, 2.45) is 5.92 Å². The van der Waals surface area contributed by atoms with Gasteiger partial charge >= 0.3 is 5.97 Å². The fourth-order valence-electron chi connectivity index (χ4n) is 1.48. The second kappa shape index (κ2) is 3.90. The Bertz CT molecular complexity index is 164. The van der Waals surface area contributed by atoms with Gasteiger partial charge in [-0.15, -0.1) is 0 Å². The molecule has 0 saturated heterocycles. The van der Waals surface area contributed by atoms with Gasteiger partial charge in [-0.25, -0.2) is 0 Å². The molecule has 2 N–H and O–H groups in total. The fourth-order valence-corrected chi connectivity index (χ4v) is 1.48. The van der Waals surface area contributed by atoms with Gasteiger partial charge in [0.2, 0.25) is 0 Å². The van der Waals surface area contributed by atoms with E-state index in [4.69, 9.17) is 5.11 Å². The molecule has 1 aliphatic rings. The van der Waals surface area contributed by atoms with Crippen LogP contribution in [0.15, 0.2) is 0 Å². The minimum absolute atomic E-state index is 0.0912. The van der Waals surface area contributed by atoms with Crippen LogP contribution in [0.5, 0.6) is 0 Å². The summed E-state index contributed by atoms with van der Waals surface area (Å²) in [4.78, 5) is 10.5. The molecule has 70 valence electrons. The monoisotopic (exact) mass is 171 g/mol. The Kier molecular flexibility index (Phi) is 3.09. The largest absolute Gasteiger partial charge is 0.481 e. The zero-order valence-electron chi connectivity index (χ0n) is 7.71. The smallest absolute Gasteiger partial charge is 0.306 e. The highest BCUT2D eigenvalue weighted by atomic mass is 16.4. The average Bonchev–Trinajstić information content (AvgIpc) is 1.94. The Morgan fingerprint density at radius 3 is 2.67 bits per heavy atom. The zero-order valence-corrected chi connectivity index (χ0v) is 7.71. The summed E-state index contributed by atoms with van der Waals surface area (Å²) in [6.45, 7) is 4.26. The highest BCUT2D eigenvalue weighted by Crippen LogP contribution is 2.27. The van der Waals surface area contributed by atoms with Gasteiger partial charge in [-0.2, -0.15) is 0 Å². The zero-order chi connectivity index (χ0) is 9.14. The summed E-state index contributed by atoms with van der Waals surface area (Å²) in [7, 11) is 0. The normalized spacial score (nSPS) is 30.8. The minimum atomic E-state index is -0.641. The maximum atomic E-state index is 10.5. The van der Waals surface area contributed by atoms with Crippen molar-refractivity contribution in [3.63, 3.8) is 0 Å². The number of carbonyl (C=O) groups is 1. The summed E-state index contributed by atoms with van der Waals surface area (Å²) in [6.07, 6.45) is 2.72. The highest BCUT2D eigenvalue weighted by Gasteiger charge is 2.34. The molecule has 0 bridgehead atoms. The van der Waals surface area contributed by atoms with Crippen LogP contribution in [0.4, 0.5) is 0 Å². The molecule has 1 fully saturated rings. The van der Waals surface area contributed by atoms with E-state index in [0.717, 1.165) is 19.3 Å². The summed E-state index contributed by atoms with van der Waals surface area (Å²) in [5, 5.41) is 12.0. The molecule has 1 rings (SSSR count). The molecule has 1 saturated carbocycles. The van der Waals surface area contributed by atoms with E-state index in [0.29, 0.717) is 12.1 Å². The lowest BCUT2D eigenvalue weighted by Gasteiger charge is -2.35. The summed E-state index contributed by atoms with van der Waals surface area (Å²) >= 11 is 0. The molecule has 0 amide bonds. The van der Waals surface area contributed by atoms with Crippen molar-refractivity contribution >= 4 is 5.97 Å². The van der Waals surface area contributed by atoms with E-state index < -0.39 is 5.97 Å². The van der Waals surface area contributed by atoms with Crippen LogP contribution in [0, 0.1) is 5.92 Å². The van der Waals surface area contributed by atoms with Crippen LogP contribution in [0.25, 0.3) is 0 Å². The van der Waals surface area contributed by atoms with E-state index in [1.807, 2.05) is 0 Å². The van der Waals surface area contributed by atoms with Crippen LogP contribution >= 0.6 is 0 Å². The van der Waals surface area contributed by atoms with Crippen molar-refractivity contribution in [2.45, 2.75) is 45.2 Å². The molecule has 0 heterocycles. The van der Waals surface area contributed by atoms with Crippen molar-refractivity contribution in [1.82, 2.24) is 5.32 Å². The second-order valence-corrected chi connectivity index (χ2v) is 3.68. The Hall–Kier alpha value is -0.570. The van der Waals surface area contributed by atoms with E-state index in [-0.39, 0.29) is 5.92 Å². The Labute approximate surface area is 73.2 Å². The molecule has 3 nitrogen and oxygen atoms in total. The molecule has 0 radical (unpaired) electrons. The molecule has 1 atom stereocenters. The van der Waals surface area contributed by atoms with E-state index >= 15 is 0 Å². The standard InChI is InChI=1S/C9H17NO2/c1-3-6(2)10-8-4-7(5-8)9(11)12/h6-8,10H,3-5H2,1-2H3,(H,11,12). The number of rotatable bonds is 4. The summed E-state index contributed by atoms with van der Waals surface area (Å²) in [6, 6.07) is 0.964. The van der Waals surface area contributed by atoms with E-state index in [2.05, 4.69) is 19.2 Å². The van der Waals surface area contributed by atoms with Gasteiger partial charge < -0.3 is 10.4 Å². The van der Waals surface area contributed by atoms with Crippen molar-refractivity contribution in [1.29, 1.82) is 0 Å². The number of hydrogen-bond donors (Lipinski definition) is 2. The molecule has 3 heteroatoms. The van der Waals surface area contributed by atoms with E-state index in [1.54, 1.807) is 0 Å². The molecule has 12 heavy (non-hydrogen) atoms. The fraction of sp³-hybridized carbons (Fsp3) is 0.889. The van der Waals surface area contributed by atoms with Crippen molar-refractivity contribution in [3.8, 4) is 0 Å². The van der Waals surface area contributed by atoms with Gasteiger partial charge in [-0.1, -0.05) is 6.92 Å². The first-order chi connectivity index (χ1) is 5.63. The van der Waals surface area contributed by atoms with Crippen LogP contribution in [0.2, 0.25) is 0 Å². The van der Waals surface area contributed by atoms with Gasteiger partial charge in [0.25, 0.3) is 0 Å². The molecular formula is C9H17NO2. The lowest BCUT2D eigenvalue weighted by Crippen LogP contribution is -2.47. The van der Waals surface area contributed by atoms with Crippen molar-refractivity contribution in [3.05, 3.63) is 0 Å². The topological polar surface area (TPSA) is 49.3 Å². The van der Waals surface area contributed by atoms with Crippen LogP contribution < -0.4 is 5.32 Å². The summed E-state index contributed by atoms with van der Waals surface area (Å²) < 4.78 is 0. The van der Waals surface area contributed by atoms with Crippen LogP contribution in [-0.2, 0) is 4.79 Å². The van der Waals surface area contributed by atoms with Crippen LogP contribution in [0.3, 0.4) is 0 Å². The number of carboxylic acids is 1. The molecule has 1 unspecified atom stereocenters. The van der Waals surface area contributed by atoms with Gasteiger partial charge in [0.05, 0.1) is 5.92 Å². The molecule has 1 aliphatic carbocycles. The lowest BCUT2D eigenvalue weighted by molar-refractivity contribution is -0.145. The Balaban J connectivity index is 2.13. The van der Waals surface area contributed by atoms with Gasteiger partial charge in [0, 0.05) is 12.1 Å². The Morgan fingerprint density at radius 2 is 2.25 bits per heavy atom. The van der Waals surface area contributed by atoms with E-state index in [1.165, 1.54) is 0 Å². The van der Waals surface area contributed by atoms with Gasteiger partial charge in [0.1, 0.15) is 0 Å². The van der Waals surface area contributed by atoms with Crippen molar-refractivity contribution in [2.75, 3.05) is 0 Å². The molecule has 0 aliphatic heterocycles. The number of hydrogen-bond acceptors (Lipinski definition) is 2. The molecule has 0 aromatic carbocycles. The SMILES string of the molecule is CCC(C)NC1CC(C(=O)O)C1. The lowest BCUT2D eigenvalue weighted by atomic mass is 9.80. The highest BCUT2D eigenvalue weighted by molar-refractivity contribution is 5.71. The third-order valence-electron chi connectivity index (χ3n) is 2.62. The average molecular weight is 171 g/mol. The van der Waals surface area contributed by atoms with Gasteiger partial charge in [-0.05, 0) is 26.2 Å². The first-order valence-electron chi connectivity index (χ1n) is 4.62. The maximum Gasteiger partial charge on any atom is 0.306 e. The number of carboxylic acid groups (broad SMARTS) is 1. The van der Waals surface area contributed by atoms with Gasteiger partial charge in [-0.3, -0.25) is 4.79 Å².